The molecule has 0 aromatic carbocycles. The fourth-order valence-electron chi connectivity index (χ4n) is 2.97. The van der Waals surface area contributed by atoms with Crippen molar-refractivity contribution in [2.75, 3.05) is 11.9 Å². The molecule has 2 N–H and O–H groups in total. The number of hydrogen-bond donors (Lipinski definition) is 2. The molecule has 0 aliphatic heterocycles. The maximum Gasteiger partial charge on any atom is 0.306 e. The molecule has 0 radical (unpaired) electrons. The lowest BCUT2D eigenvalue weighted by Crippen LogP contribution is -2.25. The maximum absolute atomic E-state index is 11.0. The first-order valence-electron chi connectivity index (χ1n) is 7.31. The number of carbonyl (C=O) groups is 1. The smallest absolute Gasteiger partial charge is 0.306 e. The van der Waals surface area contributed by atoms with Crippen LogP contribution in [0.4, 0.5) is 5.82 Å². The third kappa shape index (κ3) is 3.15. The first kappa shape index (κ1) is 14.3. The molecule has 0 atom stereocenters. The lowest BCUT2D eigenvalue weighted by Gasteiger charge is -2.26. The Balaban J connectivity index is 1.61. The highest BCUT2D eigenvalue weighted by molar-refractivity contribution is 7.18. The molecule has 1 aliphatic rings. The van der Waals surface area contributed by atoms with Crippen molar-refractivity contribution < 1.29 is 9.90 Å². The molecule has 6 heteroatoms. The number of aryl methyl sites for hydroxylation is 1. The van der Waals surface area contributed by atoms with E-state index in [1.54, 1.807) is 17.7 Å². The molecule has 0 bridgehead atoms. The van der Waals surface area contributed by atoms with E-state index < -0.39 is 5.97 Å². The van der Waals surface area contributed by atoms with Gasteiger partial charge in [0.1, 0.15) is 17.0 Å². The summed E-state index contributed by atoms with van der Waals surface area (Å²) in [6.45, 7) is 2.93. The van der Waals surface area contributed by atoms with Crippen molar-refractivity contribution in [3.63, 3.8) is 0 Å². The summed E-state index contributed by atoms with van der Waals surface area (Å²) in [5.74, 6) is 0.634. The Labute approximate surface area is 127 Å². The summed E-state index contributed by atoms with van der Waals surface area (Å²) in [5, 5.41) is 13.5. The molecule has 112 valence electrons. The minimum Gasteiger partial charge on any atom is -0.481 e. The minimum absolute atomic E-state index is 0.147. The number of carboxylic acid groups (broad SMARTS) is 1. The van der Waals surface area contributed by atoms with Gasteiger partial charge in [-0.05, 0) is 44.6 Å². The van der Waals surface area contributed by atoms with Crippen LogP contribution < -0.4 is 5.32 Å². The van der Waals surface area contributed by atoms with Crippen LogP contribution in [0.1, 0.15) is 30.6 Å². The Bertz CT molecular complexity index is 647. The molecule has 1 aliphatic carbocycles. The van der Waals surface area contributed by atoms with Crippen LogP contribution in [-0.4, -0.2) is 27.6 Å². The molecule has 1 saturated carbocycles. The van der Waals surface area contributed by atoms with Crippen LogP contribution in [-0.2, 0) is 4.79 Å². The number of anilines is 1. The zero-order valence-corrected chi connectivity index (χ0v) is 12.8. The number of hydrogen-bond acceptors (Lipinski definition) is 5. The fraction of sp³-hybridized carbons (Fsp3) is 0.533. The molecular weight excluding hydrogens is 286 g/mol. The third-order valence-electron chi connectivity index (χ3n) is 4.21. The number of nitrogens with zero attached hydrogens (tertiary/aromatic N) is 2. The zero-order valence-electron chi connectivity index (χ0n) is 12.0. The highest BCUT2D eigenvalue weighted by Crippen LogP contribution is 2.31. The quantitative estimate of drug-likeness (QED) is 0.906. The van der Waals surface area contributed by atoms with Crippen molar-refractivity contribution in [2.45, 2.75) is 32.6 Å². The van der Waals surface area contributed by atoms with Gasteiger partial charge in [0.15, 0.2) is 0 Å². The van der Waals surface area contributed by atoms with Gasteiger partial charge >= 0.3 is 5.97 Å². The Hall–Kier alpha value is -1.69. The molecule has 0 unspecified atom stereocenters. The average molecular weight is 305 g/mol. The highest BCUT2D eigenvalue weighted by atomic mass is 32.1. The van der Waals surface area contributed by atoms with E-state index in [-0.39, 0.29) is 5.92 Å². The van der Waals surface area contributed by atoms with E-state index in [1.807, 2.05) is 0 Å². The van der Waals surface area contributed by atoms with Gasteiger partial charge in [0.05, 0.1) is 11.3 Å². The van der Waals surface area contributed by atoms with E-state index >= 15 is 0 Å². The number of carboxylic acids is 1. The molecular formula is C15H19N3O2S. The van der Waals surface area contributed by atoms with Crippen molar-refractivity contribution in [2.24, 2.45) is 11.8 Å². The minimum atomic E-state index is -0.646. The number of rotatable bonds is 4. The fourth-order valence-corrected chi connectivity index (χ4v) is 3.82. The van der Waals surface area contributed by atoms with Crippen molar-refractivity contribution >= 4 is 33.3 Å². The van der Waals surface area contributed by atoms with Gasteiger partial charge < -0.3 is 10.4 Å². The van der Waals surface area contributed by atoms with Gasteiger partial charge in [0.2, 0.25) is 0 Å². The lowest BCUT2D eigenvalue weighted by atomic mass is 9.82. The summed E-state index contributed by atoms with van der Waals surface area (Å²) in [5.41, 5.74) is 0. The normalized spacial score (nSPS) is 22.3. The highest BCUT2D eigenvalue weighted by Gasteiger charge is 2.25. The first-order valence-corrected chi connectivity index (χ1v) is 8.13. The molecule has 2 aromatic heterocycles. The topological polar surface area (TPSA) is 75.1 Å². The predicted octanol–water partition coefficient (Wildman–Crippen LogP) is 3.30. The Morgan fingerprint density at radius 2 is 2.14 bits per heavy atom. The van der Waals surface area contributed by atoms with Crippen molar-refractivity contribution in [3.05, 3.63) is 17.3 Å². The second kappa shape index (κ2) is 5.97. The van der Waals surface area contributed by atoms with Gasteiger partial charge in [-0.3, -0.25) is 4.79 Å². The maximum atomic E-state index is 11.0. The van der Waals surface area contributed by atoms with Gasteiger partial charge in [0, 0.05) is 11.4 Å². The van der Waals surface area contributed by atoms with Crippen LogP contribution in [0.25, 0.3) is 10.2 Å². The van der Waals surface area contributed by atoms with Crippen molar-refractivity contribution in [3.8, 4) is 0 Å². The van der Waals surface area contributed by atoms with E-state index in [9.17, 15) is 4.79 Å². The van der Waals surface area contributed by atoms with Gasteiger partial charge in [-0.15, -0.1) is 11.3 Å². The van der Waals surface area contributed by atoms with Crippen LogP contribution >= 0.6 is 11.3 Å². The summed E-state index contributed by atoms with van der Waals surface area (Å²) in [6.07, 6.45) is 5.13. The number of aromatic nitrogens is 2. The predicted molar refractivity (Wildman–Crippen MR) is 83.7 cm³/mol. The van der Waals surface area contributed by atoms with E-state index in [0.29, 0.717) is 5.92 Å². The van der Waals surface area contributed by atoms with Crippen molar-refractivity contribution in [1.82, 2.24) is 9.97 Å². The SMILES string of the molecule is Cc1cc2c(NCC3CCC(C(=O)O)CC3)ncnc2s1. The van der Waals surface area contributed by atoms with Crippen LogP contribution in [0.3, 0.4) is 0 Å². The van der Waals surface area contributed by atoms with Gasteiger partial charge in [-0.25, -0.2) is 9.97 Å². The largest absolute Gasteiger partial charge is 0.481 e. The second-order valence-electron chi connectivity index (χ2n) is 5.73. The van der Waals surface area contributed by atoms with Crippen molar-refractivity contribution in [1.29, 1.82) is 0 Å². The molecule has 1 fully saturated rings. The van der Waals surface area contributed by atoms with Gasteiger partial charge in [0.25, 0.3) is 0 Å². The van der Waals surface area contributed by atoms with Crippen LogP contribution in [0.5, 0.6) is 0 Å². The summed E-state index contributed by atoms with van der Waals surface area (Å²) in [4.78, 5) is 21.8. The van der Waals surface area contributed by atoms with Crippen LogP contribution in [0, 0.1) is 18.8 Å². The number of nitrogens with one attached hydrogen (secondary N) is 1. The molecule has 0 amide bonds. The third-order valence-corrected chi connectivity index (χ3v) is 5.17. The van der Waals surface area contributed by atoms with Crippen LogP contribution in [0.15, 0.2) is 12.4 Å². The molecule has 0 spiro atoms. The van der Waals surface area contributed by atoms with E-state index in [0.717, 1.165) is 48.3 Å². The van der Waals surface area contributed by atoms with Gasteiger partial charge in [-0.1, -0.05) is 0 Å². The Morgan fingerprint density at radius 3 is 2.86 bits per heavy atom. The lowest BCUT2D eigenvalue weighted by molar-refractivity contribution is -0.143. The monoisotopic (exact) mass is 305 g/mol. The molecule has 3 rings (SSSR count). The summed E-state index contributed by atoms with van der Waals surface area (Å²) in [6, 6.07) is 2.11. The standard InChI is InChI=1S/C15H19N3O2S/c1-9-6-12-13(17-8-18-14(12)21-9)16-7-10-2-4-11(5-3-10)15(19)20/h6,8,10-11H,2-5,7H2,1H3,(H,19,20)(H,16,17,18). The second-order valence-corrected chi connectivity index (χ2v) is 6.97. The van der Waals surface area contributed by atoms with E-state index in [1.165, 1.54) is 4.88 Å². The Morgan fingerprint density at radius 1 is 1.38 bits per heavy atom. The average Bonchev–Trinajstić information content (AvgIpc) is 2.86. The molecule has 21 heavy (non-hydrogen) atoms. The van der Waals surface area contributed by atoms with Gasteiger partial charge in [-0.2, -0.15) is 0 Å². The zero-order chi connectivity index (χ0) is 14.8. The van der Waals surface area contributed by atoms with E-state index in [4.69, 9.17) is 5.11 Å². The molecule has 2 aromatic rings. The van der Waals surface area contributed by atoms with Crippen LogP contribution in [0.2, 0.25) is 0 Å². The number of fused-ring (bicyclic) bond motifs is 1. The summed E-state index contributed by atoms with van der Waals surface area (Å²) >= 11 is 1.67. The number of thiophene rings is 1. The molecule has 2 heterocycles. The van der Waals surface area contributed by atoms with E-state index in [2.05, 4.69) is 28.3 Å². The Kier molecular flexibility index (Phi) is 4.05. The molecule has 0 saturated heterocycles. The summed E-state index contributed by atoms with van der Waals surface area (Å²) < 4.78 is 0. The molecule has 5 nitrogen and oxygen atoms in total. The summed E-state index contributed by atoms with van der Waals surface area (Å²) in [7, 11) is 0. The number of aliphatic carboxylic acids is 1. The first-order chi connectivity index (χ1) is 10.1.